The van der Waals surface area contributed by atoms with Crippen LogP contribution in [0.15, 0.2) is 27.8 Å². The number of carbonyl (C=O) groups excluding carboxylic acids is 1. The molecule has 0 aliphatic carbocycles. The summed E-state index contributed by atoms with van der Waals surface area (Å²) in [5.41, 5.74) is 0.190. The van der Waals surface area contributed by atoms with Gasteiger partial charge in [-0.1, -0.05) is 13.8 Å². The topological polar surface area (TPSA) is 90.4 Å². The van der Waals surface area contributed by atoms with Crippen LogP contribution in [0.3, 0.4) is 0 Å². The molecule has 0 spiro atoms. The molecule has 1 N–H and O–H groups in total. The van der Waals surface area contributed by atoms with Crippen molar-refractivity contribution >= 4 is 22.6 Å². The van der Waals surface area contributed by atoms with Gasteiger partial charge in [0.1, 0.15) is 0 Å². The predicted molar refractivity (Wildman–Crippen MR) is 99.8 cm³/mol. The highest BCUT2D eigenvalue weighted by atomic mass is 16.2. The van der Waals surface area contributed by atoms with Gasteiger partial charge in [0.2, 0.25) is 5.78 Å². The maximum atomic E-state index is 12.9. The Bertz CT molecular complexity index is 1120. The first kappa shape index (κ1) is 17.9. The van der Waals surface area contributed by atoms with Crippen LogP contribution in [-0.2, 0) is 7.05 Å². The number of benzene rings is 1. The summed E-state index contributed by atoms with van der Waals surface area (Å²) in [4.78, 5) is 37.8. The number of aryl methyl sites for hydroxylation is 1. The lowest BCUT2D eigenvalue weighted by Crippen LogP contribution is -2.29. The van der Waals surface area contributed by atoms with Crippen LogP contribution in [0.4, 0.5) is 0 Å². The number of hydrogen-bond acceptors (Lipinski definition) is 4. The van der Waals surface area contributed by atoms with E-state index in [4.69, 9.17) is 0 Å². The maximum absolute atomic E-state index is 12.9. The van der Waals surface area contributed by atoms with E-state index < -0.39 is 0 Å². The first-order chi connectivity index (χ1) is 12.2. The smallest absolute Gasteiger partial charge is 0.351 e. The monoisotopic (exact) mass is 357 g/mol. The van der Waals surface area contributed by atoms with Gasteiger partial charge >= 0.3 is 5.69 Å². The van der Waals surface area contributed by atoms with E-state index in [-0.39, 0.29) is 29.0 Å². The van der Waals surface area contributed by atoms with Crippen LogP contribution in [0.25, 0.3) is 16.7 Å². The van der Waals surface area contributed by atoms with Crippen LogP contribution in [0.5, 0.6) is 0 Å². The molecule has 1 aromatic carbocycles. The van der Waals surface area contributed by atoms with Crippen molar-refractivity contribution in [3.8, 4) is 0 Å². The molecule has 2 aromatic heterocycles. The van der Waals surface area contributed by atoms with Gasteiger partial charge in [-0.05, 0) is 38.0 Å². The second-order valence-corrected chi connectivity index (χ2v) is 7.15. The summed E-state index contributed by atoms with van der Waals surface area (Å²) in [5, 5.41) is 7.43. The summed E-state index contributed by atoms with van der Waals surface area (Å²) in [6.07, 6.45) is 0. The molecule has 3 aromatic rings. The molecular weight excluding hydrogens is 334 g/mol. The van der Waals surface area contributed by atoms with Crippen LogP contribution in [0.1, 0.15) is 44.1 Å². The Morgan fingerprint density at radius 3 is 2.50 bits per heavy atom. The van der Waals surface area contributed by atoms with Crippen molar-refractivity contribution in [3.63, 3.8) is 0 Å². The van der Waals surface area contributed by atoms with Gasteiger partial charge in [-0.2, -0.15) is 0 Å². The van der Waals surface area contributed by atoms with Crippen molar-refractivity contribution in [1.29, 1.82) is 0 Å². The lowest BCUT2D eigenvalue weighted by Gasteiger charge is -2.13. The maximum Gasteiger partial charge on any atom is 0.351 e. The molecule has 1 amide bonds. The van der Waals surface area contributed by atoms with Crippen molar-refractivity contribution in [3.05, 3.63) is 44.6 Å². The minimum atomic E-state index is -0.362. The first-order valence-electron chi connectivity index (χ1n) is 8.64. The number of nitrogens with zero attached hydrogens (tertiary/aromatic N) is 4. The minimum Gasteiger partial charge on any atom is -0.352 e. The average molecular weight is 357 g/mol. The van der Waals surface area contributed by atoms with Crippen molar-refractivity contribution < 1.29 is 4.79 Å². The van der Waals surface area contributed by atoms with E-state index in [1.165, 1.54) is 20.7 Å². The van der Waals surface area contributed by atoms with Crippen LogP contribution in [0, 0.1) is 5.92 Å². The largest absolute Gasteiger partial charge is 0.352 e. The van der Waals surface area contributed by atoms with E-state index in [1.807, 2.05) is 27.7 Å². The SMILES string of the molecule is CC(C)CNC(=O)c1ccc2c(=O)n(C(C)C)c3nn(C)c(=O)n3c2c1. The molecule has 0 fully saturated rings. The van der Waals surface area contributed by atoms with Gasteiger partial charge in [-0.25, -0.2) is 13.9 Å². The highest BCUT2D eigenvalue weighted by Crippen LogP contribution is 2.16. The van der Waals surface area contributed by atoms with E-state index >= 15 is 0 Å². The third-order valence-corrected chi connectivity index (χ3v) is 4.26. The molecule has 26 heavy (non-hydrogen) atoms. The average Bonchev–Trinajstić information content (AvgIpc) is 2.87. The third kappa shape index (κ3) is 2.81. The second-order valence-electron chi connectivity index (χ2n) is 7.15. The van der Waals surface area contributed by atoms with Gasteiger partial charge < -0.3 is 5.32 Å². The van der Waals surface area contributed by atoms with E-state index in [9.17, 15) is 14.4 Å². The third-order valence-electron chi connectivity index (χ3n) is 4.26. The molecule has 0 aliphatic heterocycles. The Hall–Kier alpha value is -2.90. The quantitative estimate of drug-likeness (QED) is 0.762. The number of fused-ring (bicyclic) bond motifs is 3. The Balaban J connectivity index is 2.32. The molecule has 0 unspecified atom stereocenters. The number of amides is 1. The lowest BCUT2D eigenvalue weighted by atomic mass is 10.1. The molecule has 0 saturated carbocycles. The van der Waals surface area contributed by atoms with Crippen molar-refractivity contribution in [2.24, 2.45) is 13.0 Å². The van der Waals surface area contributed by atoms with Crippen molar-refractivity contribution in [1.82, 2.24) is 24.1 Å². The number of carbonyl (C=O) groups is 1. The van der Waals surface area contributed by atoms with E-state index in [1.54, 1.807) is 18.2 Å². The molecule has 8 heteroatoms. The summed E-state index contributed by atoms with van der Waals surface area (Å²) in [7, 11) is 1.54. The summed E-state index contributed by atoms with van der Waals surface area (Å²) in [6.45, 7) is 8.29. The van der Waals surface area contributed by atoms with Crippen LogP contribution < -0.4 is 16.6 Å². The van der Waals surface area contributed by atoms with Gasteiger partial charge in [0.15, 0.2) is 0 Å². The summed E-state index contributed by atoms with van der Waals surface area (Å²) < 4.78 is 4.07. The molecule has 2 heterocycles. The van der Waals surface area contributed by atoms with Crippen LogP contribution >= 0.6 is 0 Å². The van der Waals surface area contributed by atoms with Crippen molar-refractivity contribution in [2.75, 3.05) is 6.54 Å². The Kier molecular flexibility index (Phi) is 4.43. The standard InChI is InChI=1S/C18H23N5O3/c1-10(2)9-19-15(24)12-6-7-13-14(8-12)23-17(20-21(5)18(23)26)22(11(3)4)16(13)25/h6-8,10-11H,9H2,1-5H3,(H,19,24). The zero-order valence-corrected chi connectivity index (χ0v) is 15.6. The Morgan fingerprint density at radius 2 is 1.88 bits per heavy atom. The lowest BCUT2D eigenvalue weighted by molar-refractivity contribution is 0.0949. The van der Waals surface area contributed by atoms with Gasteiger partial charge in [0, 0.05) is 25.2 Å². The fourth-order valence-electron chi connectivity index (χ4n) is 2.94. The van der Waals surface area contributed by atoms with Crippen LogP contribution in [0.2, 0.25) is 0 Å². The van der Waals surface area contributed by atoms with Gasteiger partial charge in [0.25, 0.3) is 11.5 Å². The number of nitrogens with one attached hydrogen (secondary N) is 1. The fraction of sp³-hybridized carbons (Fsp3) is 0.444. The number of hydrogen-bond donors (Lipinski definition) is 1. The van der Waals surface area contributed by atoms with E-state index in [0.29, 0.717) is 28.9 Å². The summed E-state index contributed by atoms with van der Waals surface area (Å²) >= 11 is 0. The number of rotatable bonds is 4. The molecule has 0 aliphatic rings. The first-order valence-corrected chi connectivity index (χ1v) is 8.64. The molecule has 0 radical (unpaired) electrons. The van der Waals surface area contributed by atoms with Gasteiger partial charge in [-0.15, -0.1) is 5.10 Å². The highest BCUT2D eigenvalue weighted by molar-refractivity contribution is 5.98. The minimum absolute atomic E-state index is 0.162. The second kappa shape index (κ2) is 6.44. The summed E-state index contributed by atoms with van der Waals surface area (Å²) in [5.74, 6) is 0.355. The number of aromatic nitrogens is 4. The highest BCUT2D eigenvalue weighted by Gasteiger charge is 2.19. The molecule has 138 valence electrons. The Labute approximate surface area is 150 Å². The normalized spacial score (nSPS) is 11.8. The summed E-state index contributed by atoms with van der Waals surface area (Å²) in [6, 6.07) is 4.62. The zero-order valence-electron chi connectivity index (χ0n) is 15.6. The van der Waals surface area contributed by atoms with E-state index in [0.717, 1.165) is 0 Å². The molecule has 8 nitrogen and oxygen atoms in total. The zero-order chi connectivity index (χ0) is 19.2. The molecular formula is C18H23N5O3. The van der Waals surface area contributed by atoms with Crippen LogP contribution in [-0.4, -0.2) is 31.2 Å². The molecule has 3 rings (SSSR count). The fourth-order valence-corrected chi connectivity index (χ4v) is 2.94. The Morgan fingerprint density at radius 1 is 1.19 bits per heavy atom. The van der Waals surface area contributed by atoms with E-state index in [2.05, 4.69) is 10.4 Å². The molecule has 0 saturated heterocycles. The van der Waals surface area contributed by atoms with Gasteiger partial charge in [-0.3, -0.25) is 14.2 Å². The predicted octanol–water partition coefficient (Wildman–Crippen LogP) is 1.31. The molecule has 0 atom stereocenters. The molecule has 0 bridgehead atoms. The van der Waals surface area contributed by atoms with Crippen molar-refractivity contribution in [2.45, 2.75) is 33.7 Å². The van der Waals surface area contributed by atoms with Gasteiger partial charge in [0.05, 0.1) is 10.9 Å².